The third-order valence-electron chi connectivity index (χ3n) is 3.67. The Kier molecular flexibility index (Phi) is 2.76. The number of hydrogen-bond donors (Lipinski definition) is 0. The predicted octanol–water partition coefficient (Wildman–Crippen LogP) is 4.10. The average molecular weight is 191 g/mol. The van der Waals surface area contributed by atoms with E-state index in [1.807, 2.05) is 13.8 Å². The fourth-order valence-electron chi connectivity index (χ4n) is 2.61. The number of hydrogen-bond acceptors (Lipinski definition) is 1. The third-order valence-corrected chi connectivity index (χ3v) is 3.67. The second-order valence-corrected chi connectivity index (χ2v) is 4.58. The van der Waals surface area contributed by atoms with Crippen LogP contribution >= 0.6 is 0 Å². The summed E-state index contributed by atoms with van der Waals surface area (Å²) < 4.78 is 0. The fourth-order valence-corrected chi connectivity index (χ4v) is 2.61. The van der Waals surface area contributed by atoms with E-state index in [2.05, 4.69) is 11.2 Å². The van der Waals surface area contributed by atoms with Gasteiger partial charge >= 0.3 is 0 Å². The number of rotatable bonds is 0. The normalized spacial score (nSPS) is 26.7. The zero-order valence-corrected chi connectivity index (χ0v) is 9.47. The standard InChI is InChI=1S/C11H15N.C2H6/c1-2-9-8-11(5-6-11)4-3-10(9)12-7-1;1-2/h7H,1-6,8H2;1-2H3. The molecule has 1 aliphatic heterocycles. The summed E-state index contributed by atoms with van der Waals surface area (Å²) in [6.07, 6.45) is 11.7. The van der Waals surface area contributed by atoms with Crippen LogP contribution in [0.4, 0.5) is 0 Å². The van der Waals surface area contributed by atoms with Crippen molar-refractivity contribution < 1.29 is 0 Å². The van der Waals surface area contributed by atoms with Crippen molar-refractivity contribution in [3.63, 3.8) is 0 Å². The molecular formula is C13H21N. The van der Waals surface area contributed by atoms with Gasteiger partial charge in [-0.1, -0.05) is 13.8 Å². The third kappa shape index (κ3) is 1.77. The smallest absolute Gasteiger partial charge is 0.0392 e. The first-order valence-electron chi connectivity index (χ1n) is 6.11. The molecule has 0 unspecified atom stereocenters. The fraction of sp³-hybridized carbons (Fsp3) is 0.769. The Labute approximate surface area is 87.3 Å². The SMILES string of the molecule is C1=NC2=C(CC1)CC1(CC2)CC1.CC. The van der Waals surface area contributed by atoms with Crippen LogP contribution in [0, 0.1) is 5.41 Å². The van der Waals surface area contributed by atoms with Gasteiger partial charge in [0.1, 0.15) is 0 Å². The van der Waals surface area contributed by atoms with Crippen LogP contribution in [-0.4, -0.2) is 6.21 Å². The topological polar surface area (TPSA) is 12.4 Å². The molecule has 1 fully saturated rings. The van der Waals surface area contributed by atoms with Crippen LogP contribution < -0.4 is 0 Å². The second-order valence-electron chi connectivity index (χ2n) is 4.58. The molecule has 14 heavy (non-hydrogen) atoms. The van der Waals surface area contributed by atoms with Crippen LogP contribution in [0.3, 0.4) is 0 Å². The lowest BCUT2D eigenvalue weighted by Gasteiger charge is -2.26. The number of aliphatic imine (C=N–C) groups is 1. The Bertz CT molecular complexity index is 269. The highest BCUT2D eigenvalue weighted by atomic mass is 14.8. The quantitative estimate of drug-likeness (QED) is 0.546. The maximum Gasteiger partial charge on any atom is 0.0392 e. The lowest BCUT2D eigenvalue weighted by Crippen LogP contribution is -2.12. The van der Waals surface area contributed by atoms with Gasteiger partial charge in [-0.25, -0.2) is 0 Å². The van der Waals surface area contributed by atoms with Gasteiger partial charge in [-0.3, -0.25) is 4.99 Å². The highest BCUT2D eigenvalue weighted by Crippen LogP contribution is 2.58. The maximum atomic E-state index is 4.50. The van der Waals surface area contributed by atoms with E-state index in [1.54, 1.807) is 5.57 Å². The first kappa shape index (κ1) is 9.95. The van der Waals surface area contributed by atoms with E-state index in [-0.39, 0.29) is 0 Å². The van der Waals surface area contributed by atoms with E-state index in [0.717, 1.165) is 5.41 Å². The molecule has 0 saturated heterocycles. The first-order valence-corrected chi connectivity index (χ1v) is 6.11. The largest absolute Gasteiger partial charge is 0.266 e. The molecule has 3 aliphatic rings. The van der Waals surface area contributed by atoms with Gasteiger partial charge in [0.2, 0.25) is 0 Å². The highest BCUT2D eigenvalue weighted by molar-refractivity contribution is 5.61. The summed E-state index contributed by atoms with van der Waals surface area (Å²) in [5.41, 5.74) is 3.92. The molecular weight excluding hydrogens is 170 g/mol. The molecule has 78 valence electrons. The predicted molar refractivity (Wildman–Crippen MR) is 61.6 cm³/mol. The summed E-state index contributed by atoms with van der Waals surface area (Å²) in [5, 5.41) is 0. The van der Waals surface area contributed by atoms with Gasteiger partial charge in [0.05, 0.1) is 0 Å². The van der Waals surface area contributed by atoms with Crippen molar-refractivity contribution in [2.75, 3.05) is 0 Å². The molecule has 3 rings (SSSR count). The first-order chi connectivity index (χ1) is 6.88. The molecule has 0 N–H and O–H groups in total. The van der Waals surface area contributed by atoms with E-state index in [0.29, 0.717) is 0 Å². The summed E-state index contributed by atoms with van der Waals surface area (Å²) in [7, 11) is 0. The second kappa shape index (κ2) is 3.88. The van der Waals surface area contributed by atoms with E-state index in [4.69, 9.17) is 0 Å². The minimum atomic E-state index is 0.783. The molecule has 1 heteroatoms. The van der Waals surface area contributed by atoms with Crippen LogP contribution in [0.5, 0.6) is 0 Å². The van der Waals surface area contributed by atoms with Gasteiger partial charge in [-0.2, -0.15) is 0 Å². The van der Waals surface area contributed by atoms with Gasteiger partial charge < -0.3 is 0 Å². The van der Waals surface area contributed by atoms with Crippen LogP contribution in [0.2, 0.25) is 0 Å². The van der Waals surface area contributed by atoms with Gasteiger partial charge in [0.15, 0.2) is 0 Å². The van der Waals surface area contributed by atoms with Crippen molar-refractivity contribution in [1.29, 1.82) is 0 Å². The van der Waals surface area contributed by atoms with Crippen LogP contribution in [0.15, 0.2) is 16.3 Å². The van der Waals surface area contributed by atoms with Crippen LogP contribution in [0.25, 0.3) is 0 Å². The molecule has 1 spiro atoms. The van der Waals surface area contributed by atoms with E-state index < -0.39 is 0 Å². The monoisotopic (exact) mass is 191 g/mol. The highest BCUT2D eigenvalue weighted by Gasteiger charge is 2.45. The van der Waals surface area contributed by atoms with Gasteiger partial charge in [0, 0.05) is 11.9 Å². The molecule has 1 heterocycles. The van der Waals surface area contributed by atoms with E-state index in [1.165, 1.54) is 50.6 Å². The minimum absolute atomic E-state index is 0.783. The molecule has 0 radical (unpaired) electrons. The van der Waals surface area contributed by atoms with Crippen LogP contribution in [-0.2, 0) is 0 Å². The maximum absolute atomic E-state index is 4.50. The summed E-state index contributed by atoms with van der Waals surface area (Å²) in [5.74, 6) is 0. The van der Waals surface area contributed by atoms with Crippen molar-refractivity contribution in [2.24, 2.45) is 10.4 Å². The number of nitrogens with zero attached hydrogens (tertiary/aromatic N) is 1. The van der Waals surface area contributed by atoms with Crippen molar-refractivity contribution in [3.05, 3.63) is 11.3 Å². The molecule has 1 nitrogen and oxygen atoms in total. The van der Waals surface area contributed by atoms with Gasteiger partial charge in [0.25, 0.3) is 0 Å². The van der Waals surface area contributed by atoms with Gasteiger partial charge in [-0.05, 0) is 55.9 Å². The van der Waals surface area contributed by atoms with Crippen molar-refractivity contribution in [1.82, 2.24) is 0 Å². The Balaban J connectivity index is 0.000000354. The van der Waals surface area contributed by atoms with E-state index >= 15 is 0 Å². The Morgan fingerprint density at radius 2 is 1.93 bits per heavy atom. The number of allylic oxidation sites excluding steroid dienone is 2. The minimum Gasteiger partial charge on any atom is -0.266 e. The Morgan fingerprint density at radius 3 is 2.64 bits per heavy atom. The molecule has 0 atom stereocenters. The van der Waals surface area contributed by atoms with Crippen LogP contribution in [0.1, 0.15) is 58.8 Å². The van der Waals surface area contributed by atoms with Crippen molar-refractivity contribution >= 4 is 6.21 Å². The zero-order valence-electron chi connectivity index (χ0n) is 9.47. The Hall–Kier alpha value is -0.590. The summed E-state index contributed by atoms with van der Waals surface area (Å²) in [6, 6.07) is 0. The molecule has 0 bridgehead atoms. The molecule has 0 amide bonds. The van der Waals surface area contributed by atoms with Crippen molar-refractivity contribution in [2.45, 2.75) is 58.8 Å². The molecule has 0 aromatic rings. The molecule has 1 saturated carbocycles. The van der Waals surface area contributed by atoms with E-state index in [9.17, 15) is 0 Å². The molecule has 0 aromatic heterocycles. The Morgan fingerprint density at radius 1 is 1.14 bits per heavy atom. The molecule has 2 aliphatic carbocycles. The average Bonchev–Trinajstić information content (AvgIpc) is 3.01. The van der Waals surface area contributed by atoms with Crippen molar-refractivity contribution in [3.8, 4) is 0 Å². The summed E-state index contributed by atoms with van der Waals surface area (Å²) in [4.78, 5) is 4.50. The summed E-state index contributed by atoms with van der Waals surface area (Å²) in [6.45, 7) is 4.00. The zero-order chi connectivity index (χ0) is 10.0. The summed E-state index contributed by atoms with van der Waals surface area (Å²) >= 11 is 0. The molecule has 0 aromatic carbocycles. The lowest BCUT2D eigenvalue weighted by atomic mass is 9.82. The van der Waals surface area contributed by atoms with Gasteiger partial charge in [-0.15, -0.1) is 0 Å². The lowest BCUT2D eigenvalue weighted by molar-refractivity contribution is 0.423.